The first-order valence-corrected chi connectivity index (χ1v) is 14.6. The van der Waals surface area contributed by atoms with E-state index in [1.54, 1.807) is 24.3 Å². The maximum atomic E-state index is 14.9. The van der Waals surface area contributed by atoms with Gasteiger partial charge < -0.3 is 10.2 Å². The Morgan fingerprint density at radius 2 is 1.60 bits per heavy atom. The predicted molar refractivity (Wildman–Crippen MR) is 156 cm³/mol. The number of amides is 2. The molecular formula is C29H34ClFN4O4S. The van der Waals surface area contributed by atoms with Gasteiger partial charge in [-0.2, -0.15) is 12.7 Å². The van der Waals surface area contributed by atoms with Gasteiger partial charge in [-0.05, 0) is 41.8 Å². The number of carbonyl (C=O) groups excluding carboxylic acids is 2. The number of hydrogen-bond acceptors (Lipinski definition) is 4. The number of hydrogen-bond donors (Lipinski definition) is 1. The topological polar surface area (TPSA) is 90.0 Å². The summed E-state index contributed by atoms with van der Waals surface area (Å²) in [7, 11) is -1.69. The summed E-state index contributed by atoms with van der Waals surface area (Å²) in [6.45, 7) is 1.57. The molecule has 0 aromatic heterocycles. The van der Waals surface area contributed by atoms with Gasteiger partial charge in [0.2, 0.25) is 11.8 Å². The average molecular weight is 589 g/mol. The fourth-order valence-corrected chi connectivity index (χ4v) is 5.39. The molecule has 3 aromatic rings. The average Bonchev–Trinajstić information content (AvgIpc) is 2.93. The molecular weight excluding hydrogens is 555 g/mol. The molecule has 0 fully saturated rings. The van der Waals surface area contributed by atoms with E-state index in [9.17, 15) is 22.4 Å². The van der Waals surface area contributed by atoms with Crippen LogP contribution in [0.4, 0.5) is 10.1 Å². The van der Waals surface area contributed by atoms with Crippen LogP contribution in [0, 0.1) is 5.82 Å². The summed E-state index contributed by atoms with van der Waals surface area (Å²) in [4.78, 5) is 28.9. The van der Waals surface area contributed by atoms with E-state index >= 15 is 0 Å². The molecule has 1 N–H and O–H groups in total. The number of para-hydroxylation sites is 1. The zero-order chi connectivity index (χ0) is 29.3. The van der Waals surface area contributed by atoms with Crippen molar-refractivity contribution in [3.63, 3.8) is 0 Å². The van der Waals surface area contributed by atoms with Gasteiger partial charge in [0.1, 0.15) is 18.4 Å². The largest absolute Gasteiger partial charge is 0.354 e. The van der Waals surface area contributed by atoms with Crippen LogP contribution in [0.5, 0.6) is 0 Å². The first kappa shape index (κ1) is 31.1. The van der Waals surface area contributed by atoms with Crippen LogP contribution in [0.2, 0.25) is 5.02 Å². The SMILES string of the molecule is CCCNC(=O)[C@H](Cc1ccccc1)N(Cc1cccc(Cl)c1)C(=O)CN(c1ccccc1F)S(=O)(=O)N(C)C. The molecule has 2 amide bonds. The lowest BCUT2D eigenvalue weighted by molar-refractivity contribution is -0.140. The second-order valence-corrected chi connectivity index (χ2v) is 11.9. The molecule has 40 heavy (non-hydrogen) atoms. The first-order chi connectivity index (χ1) is 19.0. The number of carbonyl (C=O) groups is 2. The van der Waals surface area contributed by atoms with Crippen molar-refractivity contribution in [1.82, 2.24) is 14.5 Å². The summed E-state index contributed by atoms with van der Waals surface area (Å²) < 4.78 is 43.1. The molecule has 3 rings (SSSR count). The van der Waals surface area contributed by atoms with Crippen LogP contribution < -0.4 is 9.62 Å². The zero-order valence-electron chi connectivity index (χ0n) is 22.8. The van der Waals surface area contributed by atoms with E-state index in [1.165, 1.54) is 37.2 Å². The van der Waals surface area contributed by atoms with Gasteiger partial charge in [-0.15, -0.1) is 0 Å². The number of rotatable bonds is 13. The molecule has 214 valence electrons. The lowest BCUT2D eigenvalue weighted by Gasteiger charge is -2.34. The summed E-state index contributed by atoms with van der Waals surface area (Å²) >= 11 is 6.21. The molecule has 0 bridgehead atoms. The second-order valence-electron chi connectivity index (χ2n) is 9.40. The summed E-state index contributed by atoms with van der Waals surface area (Å²) in [5.74, 6) is -1.86. The second kappa shape index (κ2) is 14.2. The molecule has 1 atom stereocenters. The smallest absolute Gasteiger partial charge is 0.304 e. The quantitative estimate of drug-likeness (QED) is 0.323. The van der Waals surface area contributed by atoms with Crippen molar-refractivity contribution in [3.8, 4) is 0 Å². The third-order valence-electron chi connectivity index (χ3n) is 6.20. The molecule has 0 saturated carbocycles. The van der Waals surface area contributed by atoms with Crippen LogP contribution in [0.15, 0.2) is 78.9 Å². The number of anilines is 1. The molecule has 0 heterocycles. The Balaban J connectivity index is 2.09. The van der Waals surface area contributed by atoms with Crippen molar-refractivity contribution in [2.24, 2.45) is 0 Å². The Bertz CT molecular complexity index is 1410. The molecule has 11 heteroatoms. The molecule has 0 saturated heterocycles. The van der Waals surface area contributed by atoms with Crippen LogP contribution in [0.1, 0.15) is 24.5 Å². The Hall–Kier alpha value is -3.47. The van der Waals surface area contributed by atoms with Crippen molar-refractivity contribution in [1.29, 1.82) is 0 Å². The van der Waals surface area contributed by atoms with Crippen molar-refractivity contribution in [3.05, 3.63) is 101 Å². The molecule has 0 aliphatic heterocycles. The highest BCUT2D eigenvalue weighted by molar-refractivity contribution is 7.90. The monoisotopic (exact) mass is 588 g/mol. The van der Waals surface area contributed by atoms with Gasteiger partial charge in [-0.25, -0.2) is 8.70 Å². The molecule has 0 radical (unpaired) electrons. The molecule has 0 aliphatic carbocycles. The minimum Gasteiger partial charge on any atom is -0.354 e. The van der Waals surface area contributed by atoms with E-state index in [1.807, 2.05) is 37.3 Å². The Kier molecular flexibility index (Phi) is 11.1. The summed E-state index contributed by atoms with van der Waals surface area (Å²) in [5.41, 5.74) is 1.19. The fourth-order valence-electron chi connectivity index (χ4n) is 4.11. The van der Waals surface area contributed by atoms with E-state index in [-0.39, 0.29) is 24.6 Å². The van der Waals surface area contributed by atoms with Crippen LogP contribution >= 0.6 is 11.6 Å². The van der Waals surface area contributed by atoms with Gasteiger partial charge in [-0.1, -0.05) is 73.1 Å². The standard InChI is InChI=1S/C29H34ClFN4O4S/c1-4-17-32-29(37)27(19-22-11-6-5-7-12-22)34(20-23-13-10-14-24(30)18-23)28(36)21-35(40(38,39)33(2)3)26-16-9-8-15-25(26)31/h5-16,18,27H,4,17,19-21H2,1-3H3,(H,32,37)/t27-/m0/s1. The minimum absolute atomic E-state index is 0.0242. The van der Waals surface area contributed by atoms with Gasteiger partial charge in [0, 0.05) is 38.6 Å². The lowest BCUT2D eigenvalue weighted by Crippen LogP contribution is -2.54. The Morgan fingerprint density at radius 1 is 0.950 bits per heavy atom. The number of nitrogens with zero attached hydrogens (tertiary/aromatic N) is 3. The van der Waals surface area contributed by atoms with Gasteiger partial charge in [-0.3, -0.25) is 9.59 Å². The van der Waals surface area contributed by atoms with Gasteiger partial charge >= 0.3 is 10.2 Å². The number of halogens is 2. The molecule has 8 nitrogen and oxygen atoms in total. The maximum absolute atomic E-state index is 14.9. The highest BCUT2D eigenvalue weighted by Crippen LogP contribution is 2.24. The van der Waals surface area contributed by atoms with Gasteiger partial charge in [0.25, 0.3) is 0 Å². The van der Waals surface area contributed by atoms with Gasteiger partial charge in [0.05, 0.1) is 5.69 Å². The summed E-state index contributed by atoms with van der Waals surface area (Å²) in [6, 6.07) is 20.4. The van der Waals surface area contributed by atoms with E-state index < -0.39 is 34.5 Å². The van der Waals surface area contributed by atoms with E-state index in [0.717, 1.165) is 20.2 Å². The van der Waals surface area contributed by atoms with Crippen LogP contribution in [-0.2, 0) is 32.8 Å². The maximum Gasteiger partial charge on any atom is 0.304 e. The fraction of sp³-hybridized carbons (Fsp3) is 0.310. The third kappa shape index (κ3) is 8.03. The predicted octanol–water partition coefficient (Wildman–Crippen LogP) is 4.26. The van der Waals surface area contributed by atoms with Crippen molar-refractivity contribution in [2.75, 3.05) is 31.5 Å². The third-order valence-corrected chi connectivity index (χ3v) is 8.24. The van der Waals surface area contributed by atoms with Crippen LogP contribution in [0.3, 0.4) is 0 Å². The molecule has 0 spiro atoms. The summed E-state index contributed by atoms with van der Waals surface area (Å²) in [5, 5.41) is 3.32. The first-order valence-electron chi connectivity index (χ1n) is 12.8. The molecule has 0 unspecified atom stereocenters. The Labute approximate surface area is 240 Å². The van der Waals surface area contributed by atoms with Crippen molar-refractivity contribution in [2.45, 2.75) is 32.4 Å². The van der Waals surface area contributed by atoms with E-state index in [0.29, 0.717) is 23.6 Å². The Morgan fingerprint density at radius 3 is 2.23 bits per heavy atom. The number of benzene rings is 3. The highest BCUT2D eigenvalue weighted by Gasteiger charge is 2.35. The highest BCUT2D eigenvalue weighted by atomic mass is 35.5. The van der Waals surface area contributed by atoms with Crippen molar-refractivity contribution < 1.29 is 22.4 Å². The van der Waals surface area contributed by atoms with Crippen LogP contribution in [0.25, 0.3) is 0 Å². The van der Waals surface area contributed by atoms with Crippen LogP contribution in [-0.4, -0.2) is 62.7 Å². The minimum atomic E-state index is -4.28. The van der Waals surface area contributed by atoms with Gasteiger partial charge in [0.15, 0.2) is 0 Å². The zero-order valence-corrected chi connectivity index (χ0v) is 24.3. The molecule has 3 aromatic carbocycles. The summed E-state index contributed by atoms with van der Waals surface area (Å²) in [6.07, 6.45) is 0.872. The van der Waals surface area contributed by atoms with E-state index in [4.69, 9.17) is 11.6 Å². The molecule has 0 aliphatic rings. The lowest BCUT2D eigenvalue weighted by atomic mass is 10.0. The number of nitrogens with one attached hydrogen (secondary N) is 1. The van der Waals surface area contributed by atoms with Crippen molar-refractivity contribution >= 4 is 39.3 Å². The normalized spacial score (nSPS) is 12.2. The van der Waals surface area contributed by atoms with E-state index in [2.05, 4.69) is 5.32 Å².